The summed E-state index contributed by atoms with van der Waals surface area (Å²) in [6.45, 7) is 0. The predicted octanol–water partition coefficient (Wildman–Crippen LogP) is -6.14. The van der Waals surface area contributed by atoms with Gasteiger partial charge in [-0.15, -0.1) is 0 Å². The van der Waals surface area contributed by atoms with Crippen LogP contribution in [-0.4, -0.2) is 35.8 Å². The molecule has 0 saturated heterocycles. The Morgan fingerprint density at radius 1 is 0.386 bits per heavy atom. The van der Waals surface area contributed by atoms with E-state index in [4.69, 9.17) is 17.2 Å². The van der Waals surface area contributed by atoms with E-state index in [-0.39, 0.29) is 134 Å². The number of rotatable bonds is 6. The average molecular weight is 815 g/mol. The molecule has 0 saturated carbocycles. The number of hydrogen-bond acceptors (Lipinski definition) is 15. The molecule has 0 bridgehead atoms. The van der Waals surface area contributed by atoms with Gasteiger partial charge in [-0.2, -0.15) is 0 Å². The first-order chi connectivity index (χ1) is 18.1. The van der Waals surface area contributed by atoms with Gasteiger partial charge in [-0.3, -0.25) is 0 Å². The maximum Gasteiger partial charge on any atom is 2.00 e. The van der Waals surface area contributed by atoms with Crippen LogP contribution in [0.5, 0.6) is 0 Å². The number of anilines is 3. The van der Waals surface area contributed by atoms with Gasteiger partial charge in [-0.25, -0.2) is 0 Å². The number of aromatic carboxylic acids is 6. The SMILES string of the molecule is Nc1cc(C(=O)[O-])ccc1C(=O)[O-].Nc1cc(C(=O)[O-])ccc1C(=O)[O-].Nc1cc(C(=O)[O-])ccc1C(=O)[O-].[O-2].[Zn+2].[Zn+2].[Zn+2].[Zn+2]. The van der Waals surface area contributed by atoms with Crippen molar-refractivity contribution in [2.45, 2.75) is 0 Å². The molecule has 16 nitrogen and oxygen atoms in total. The van der Waals surface area contributed by atoms with E-state index in [0.29, 0.717) is 0 Å². The third-order valence-corrected chi connectivity index (χ3v) is 4.52. The predicted molar refractivity (Wildman–Crippen MR) is 119 cm³/mol. The quantitative estimate of drug-likeness (QED) is 0.154. The molecule has 0 amide bonds. The van der Waals surface area contributed by atoms with Gasteiger partial charge in [-0.05, 0) is 34.9 Å². The number of nitrogen functional groups attached to an aromatic ring is 3. The van der Waals surface area contributed by atoms with Crippen molar-refractivity contribution in [3.05, 3.63) is 88.0 Å². The summed E-state index contributed by atoms with van der Waals surface area (Å²) in [5, 5.41) is 62.0. The molecule has 3 rings (SSSR count). The maximum atomic E-state index is 10.3. The Morgan fingerprint density at radius 3 is 0.682 bits per heavy atom. The van der Waals surface area contributed by atoms with Crippen LogP contribution in [0.1, 0.15) is 62.1 Å². The van der Waals surface area contributed by atoms with Crippen molar-refractivity contribution in [1.82, 2.24) is 0 Å². The van der Waals surface area contributed by atoms with Gasteiger partial charge in [0, 0.05) is 33.8 Å². The molecule has 0 aliphatic carbocycles. The standard InChI is InChI=1S/3C8H7NO4.O.4Zn/c3*9-6-3-4(7(10)11)1-2-5(6)8(12)13;;;;;/h3*1-3H,9H2,(H,10,11)(H,12,13);;;;;/q;;;-2;4*+2/p-6. The number of benzene rings is 3. The summed E-state index contributed by atoms with van der Waals surface area (Å²) in [5.41, 5.74) is 14.1. The van der Waals surface area contributed by atoms with Crippen LogP contribution in [0.2, 0.25) is 0 Å². The molecule has 0 aromatic heterocycles. The summed E-state index contributed by atoms with van der Waals surface area (Å²) < 4.78 is 0. The van der Waals surface area contributed by atoms with E-state index in [1.165, 1.54) is 0 Å². The second-order valence-corrected chi connectivity index (χ2v) is 7.13. The summed E-state index contributed by atoms with van der Waals surface area (Å²) in [6.07, 6.45) is 0. The molecule has 3 aromatic rings. The van der Waals surface area contributed by atoms with E-state index < -0.39 is 35.8 Å². The van der Waals surface area contributed by atoms with E-state index >= 15 is 0 Å². The van der Waals surface area contributed by atoms with Crippen LogP contribution in [0.3, 0.4) is 0 Å². The van der Waals surface area contributed by atoms with Crippen LogP contribution >= 0.6 is 0 Å². The number of carbonyl (C=O) groups excluding carboxylic acids is 6. The zero-order chi connectivity index (χ0) is 30.0. The van der Waals surface area contributed by atoms with Crippen molar-refractivity contribution in [1.29, 1.82) is 0 Å². The van der Waals surface area contributed by atoms with Gasteiger partial charge in [0.2, 0.25) is 0 Å². The molecule has 212 valence electrons. The molecular formula is C24H15N3O13Zn4. The Morgan fingerprint density at radius 2 is 0.568 bits per heavy atom. The fourth-order valence-corrected chi connectivity index (χ4v) is 2.63. The van der Waals surface area contributed by atoms with E-state index in [2.05, 4.69) is 0 Å². The third-order valence-electron chi connectivity index (χ3n) is 4.52. The van der Waals surface area contributed by atoms with Gasteiger partial charge < -0.3 is 82.1 Å². The van der Waals surface area contributed by atoms with Gasteiger partial charge in [0.25, 0.3) is 0 Å². The molecule has 0 aliphatic rings. The first kappa shape index (κ1) is 50.0. The van der Waals surface area contributed by atoms with E-state index in [1.54, 1.807) is 0 Å². The van der Waals surface area contributed by atoms with Gasteiger partial charge in [0.1, 0.15) is 0 Å². The summed E-state index contributed by atoms with van der Waals surface area (Å²) in [6, 6.07) is 9.52. The number of carbonyl (C=O) groups is 6. The van der Waals surface area contributed by atoms with Crippen molar-refractivity contribution < 1.29 is 143 Å². The second-order valence-electron chi connectivity index (χ2n) is 7.13. The van der Waals surface area contributed by atoms with E-state index in [0.717, 1.165) is 54.6 Å². The minimum atomic E-state index is -1.44. The summed E-state index contributed by atoms with van der Waals surface area (Å²) in [5.74, 6) is -8.54. The normalized spacial score (nSPS) is 8.45. The molecule has 3 aromatic carbocycles. The topological polar surface area (TPSA) is 347 Å². The fourth-order valence-electron chi connectivity index (χ4n) is 2.63. The minimum absolute atomic E-state index is 0. The van der Waals surface area contributed by atoms with Crippen molar-refractivity contribution in [3.63, 3.8) is 0 Å². The van der Waals surface area contributed by atoms with Crippen LogP contribution in [0.25, 0.3) is 0 Å². The summed E-state index contributed by atoms with van der Waals surface area (Å²) >= 11 is 0. The Kier molecular flexibility index (Phi) is 25.9. The largest absolute Gasteiger partial charge is 2.00 e. The first-order valence-electron chi connectivity index (χ1n) is 10.0. The average Bonchev–Trinajstić information content (AvgIpc) is 2.83. The molecule has 20 heteroatoms. The van der Waals surface area contributed by atoms with Crippen LogP contribution in [-0.2, 0) is 83.4 Å². The molecular weight excluding hydrogens is 800 g/mol. The Hall–Kier alpha value is -3.67. The van der Waals surface area contributed by atoms with Gasteiger partial charge in [0.15, 0.2) is 0 Å². The molecule has 0 atom stereocenters. The van der Waals surface area contributed by atoms with Crippen LogP contribution < -0.4 is 47.8 Å². The molecule has 44 heavy (non-hydrogen) atoms. The van der Waals surface area contributed by atoms with Crippen molar-refractivity contribution in [2.75, 3.05) is 17.2 Å². The van der Waals surface area contributed by atoms with Crippen LogP contribution in [0.4, 0.5) is 17.1 Å². The molecule has 0 unspecified atom stereocenters. The zero-order valence-corrected chi connectivity index (χ0v) is 34.4. The Bertz CT molecular complexity index is 1310. The Balaban J connectivity index is -0.000000164. The van der Waals surface area contributed by atoms with Crippen LogP contribution in [0, 0.1) is 0 Å². The number of carboxylic acids is 6. The number of carboxylic acid groups (broad SMARTS) is 6. The fraction of sp³-hybridized carbons (Fsp3) is 0. The van der Waals surface area contributed by atoms with E-state index in [9.17, 15) is 59.4 Å². The van der Waals surface area contributed by atoms with Gasteiger partial charge >= 0.3 is 77.9 Å². The molecule has 6 N–H and O–H groups in total. The zero-order valence-electron chi connectivity index (χ0n) is 22.6. The minimum Gasteiger partial charge on any atom is -2.00 e. The molecule has 0 spiro atoms. The molecule has 0 heterocycles. The second kappa shape index (κ2) is 22.8. The van der Waals surface area contributed by atoms with Gasteiger partial charge in [0.05, 0.1) is 35.8 Å². The van der Waals surface area contributed by atoms with Crippen molar-refractivity contribution >= 4 is 52.9 Å². The molecule has 0 fully saturated rings. The van der Waals surface area contributed by atoms with Crippen molar-refractivity contribution in [2.24, 2.45) is 0 Å². The van der Waals surface area contributed by atoms with Gasteiger partial charge in [-0.1, -0.05) is 36.4 Å². The first-order valence-corrected chi connectivity index (χ1v) is 10.0. The van der Waals surface area contributed by atoms with Crippen molar-refractivity contribution in [3.8, 4) is 0 Å². The number of hydrogen-bond donors (Lipinski definition) is 3. The van der Waals surface area contributed by atoms with Crippen LogP contribution in [0.15, 0.2) is 54.6 Å². The van der Waals surface area contributed by atoms with E-state index in [1.807, 2.05) is 0 Å². The number of nitrogens with two attached hydrogens (primary N) is 3. The third kappa shape index (κ3) is 15.2. The monoisotopic (exact) mass is 809 g/mol. The molecule has 0 aliphatic heterocycles. The summed E-state index contributed by atoms with van der Waals surface area (Å²) in [4.78, 5) is 62.0. The molecule has 0 radical (unpaired) electrons. The summed E-state index contributed by atoms with van der Waals surface area (Å²) in [7, 11) is 0. The Labute approximate surface area is 299 Å². The maximum absolute atomic E-state index is 10.3. The smallest absolute Gasteiger partial charge is 2.00 e.